The number of rotatable bonds is 4. The monoisotopic (exact) mass is 319 g/mol. The molecule has 0 atom stereocenters. The van der Waals surface area contributed by atoms with Gasteiger partial charge in [0.1, 0.15) is 5.70 Å². The van der Waals surface area contributed by atoms with Crippen molar-refractivity contribution in [3.8, 4) is 0 Å². The standard InChI is InChI=1S/C21H21NO2/c1-3-24-20(23)19-14-16(2)15-21(22-19,17-10-6-4-7-11-17)18-12-8-5-9-13-18/h4-14,22H,2-3,15H2,1H3. The molecule has 0 bridgehead atoms. The Morgan fingerprint density at radius 3 is 2.12 bits per heavy atom. The lowest BCUT2D eigenvalue weighted by Gasteiger charge is -2.40. The van der Waals surface area contributed by atoms with Crippen LogP contribution in [0.25, 0.3) is 0 Å². The van der Waals surface area contributed by atoms with Gasteiger partial charge in [0, 0.05) is 6.42 Å². The molecule has 3 heteroatoms. The van der Waals surface area contributed by atoms with Crippen molar-refractivity contribution in [2.75, 3.05) is 6.61 Å². The molecule has 0 saturated carbocycles. The molecule has 1 aliphatic heterocycles. The molecule has 122 valence electrons. The van der Waals surface area contributed by atoms with Gasteiger partial charge in [-0.2, -0.15) is 0 Å². The Bertz CT molecular complexity index is 723. The van der Waals surface area contributed by atoms with E-state index in [1.807, 2.05) is 36.4 Å². The van der Waals surface area contributed by atoms with Crippen molar-refractivity contribution in [1.29, 1.82) is 0 Å². The van der Waals surface area contributed by atoms with Crippen molar-refractivity contribution >= 4 is 5.97 Å². The Morgan fingerprint density at radius 1 is 1.08 bits per heavy atom. The second-order valence-electron chi connectivity index (χ2n) is 5.88. The number of carbonyl (C=O) groups excluding carboxylic acids is 1. The molecule has 3 rings (SSSR count). The highest BCUT2D eigenvalue weighted by molar-refractivity contribution is 5.89. The van der Waals surface area contributed by atoms with Crippen LogP contribution in [0, 0.1) is 0 Å². The summed E-state index contributed by atoms with van der Waals surface area (Å²) in [5.74, 6) is -0.352. The van der Waals surface area contributed by atoms with E-state index in [9.17, 15) is 4.79 Å². The summed E-state index contributed by atoms with van der Waals surface area (Å²) in [4.78, 5) is 12.3. The number of benzene rings is 2. The number of hydrogen-bond donors (Lipinski definition) is 1. The molecule has 0 unspecified atom stereocenters. The van der Waals surface area contributed by atoms with E-state index in [1.165, 1.54) is 0 Å². The summed E-state index contributed by atoms with van der Waals surface area (Å²) >= 11 is 0. The summed E-state index contributed by atoms with van der Waals surface area (Å²) in [6.45, 7) is 6.27. The van der Waals surface area contributed by atoms with Crippen molar-refractivity contribution in [3.63, 3.8) is 0 Å². The van der Waals surface area contributed by atoms with Crippen molar-refractivity contribution in [1.82, 2.24) is 5.32 Å². The normalized spacial score (nSPS) is 16.0. The second kappa shape index (κ2) is 6.75. The predicted molar refractivity (Wildman–Crippen MR) is 95.3 cm³/mol. The molecule has 2 aromatic rings. The van der Waals surface area contributed by atoms with Crippen LogP contribution in [0.2, 0.25) is 0 Å². The van der Waals surface area contributed by atoms with Crippen LogP contribution >= 0.6 is 0 Å². The van der Waals surface area contributed by atoms with E-state index in [4.69, 9.17) is 4.74 Å². The van der Waals surface area contributed by atoms with E-state index < -0.39 is 5.54 Å². The molecule has 1 heterocycles. The van der Waals surface area contributed by atoms with Crippen LogP contribution in [0.4, 0.5) is 0 Å². The first kappa shape index (κ1) is 16.1. The maximum atomic E-state index is 12.3. The Labute approximate surface area is 142 Å². The topological polar surface area (TPSA) is 38.3 Å². The maximum absolute atomic E-state index is 12.3. The van der Waals surface area contributed by atoms with Crippen LogP contribution in [0.3, 0.4) is 0 Å². The zero-order valence-corrected chi connectivity index (χ0v) is 13.8. The Morgan fingerprint density at radius 2 is 1.62 bits per heavy atom. The third-order valence-corrected chi connectivity index (χ3v) is 4.22. The zero-order chi connectivity index (χ0) is 17.0. The van der Waals surface area contributed by atoms with Crippen LogP contribution in [-0.4, -0.2) is 12.6 Å². The third-order valence-electron chi connectivity index (χ3n) is 4.22. The third kappa shape index (κ3) is 2.98. The highest BCUT2D eigenvalue weighted by atomic mass is 16.5. The van der Waals surface area contributed by atoms with Gasteiger partial charge in [-0.1, -0.05) is 67.2 Å². The number of esters is 1. The van der Waals surface area contributed by atoms with Crippen molar-refractivity contribution < 1.29 is 9.53 Å². The fraction of sp³-hybridized carbons (Fsp3) is 0.190. The Balaban J connectivity index is 2.12. The summed E-state index contributed by atoms with van der Waals surface area (Å²) in [6, 6.07) is 20.3. The highest BCUT2D eigenvalue weighted by Crippen LogP contribution is 2.39. The van der Waals surface area contributed by atoms with E-state index in [0.29, 0.717) is 18.7 Å². The number of carbonyl (C=O) groups is 1. The van der Waals surface area contributed by atoms with Crippen LogP contribution < -0.4 is 5.32 Å². The number of hydrogen-bond acceptors (Lipinski definition) is 3. The van der Waals surface area contributed by atoms with Gasteiger partial charge in [-0.05, 0) is 29.7 Å². The molecule has 0 fully saturated rings. The summed E-state index contributed by atoms with van der Waals surface area (Å²) in [5.41, 5.74) is 2.99. The minimum Gasteiger partial charge on any atom is -0.461 e. The Kier molecular flexibility index (Phi) is 4.52. The first-order valence-corrected chi connectivity index (χ1v) is 8.11. The summed E-state index contributed by atoms with van der Waals surface area (Å²) in [7, 11) is 0. The van der Waals surface area contributed by atoms with Crippen LogP contribution in [0.1, 0.15) is 24.5 Å². The molecule has 1 N–H and O–H groups in total. The molecule has 0 amide bonds. The molecular weight excluding hydrogens is 298 g/mol. The fourth-order valence-corrected chi connectivity index (χ4v) is 3.19. The molecule has 24 heavy (non-hydrogen) atoms. The van der Waals surface area contributed by atoms with Crippen molar-refractivity contribution in [3.05, 3.63) is 95.7 Å². The quantitative estimate of drug-likeness (QED) is 0.868. The molecule has 0 aromatic heterocycles. The van der Waals surface area contributed by atoms with E-state index >= 15 is 0 Å². The number of allylic oxidation sites excluding steroid dienone is 1. The first-order valence-electron chi connectivity index (χ1n) is 8.11. The molecule has 3 nitrogen and oxygen atoms in total. The predicted octanol–water partition coefficient (Wildman–Crippen LogP) is 3.93. The molecule has 0 aliphatic carbocycles. The first-order chi connectivity index (χ1) is 11.7. The van der Waals surface area contributed by atoms with Gasteiger partial charge >= 0.3 is 5.97 Å². The van der Waals surface area contributed by atoms with Gasteiger partial charge in [0.15, 0.2) is 0 Å². The van der Waals surface area contributed by atoms with Gasteiger partial charge < -0.3 is 10.1 Å². The molecule has 0 saturated heterocycles. The van der Waals surface area contributed by atoms with E-state index in [1.54, 1.807) is 13.0 Å². The fourth-order valence-electron chi connectivity index (χ4n) is 3.19. The van der Waals surface area contributed by atoms with Gasteiger partial charge in [0.2, 0.25) is 0 Å². The van der Waals surface area contributed by atoms with Crippen LogP contribution in [0.15, 0.2) is 84.6 Å². The largest absolute Gasteiger partial charge is 0.461 e. The second-order valence-corrected chi connectivity index (χ2v) is 5.88. The van der Waals surface area contributed by atoms with E-state index in [2.05, 4.69) is 36.2 Å². The van der Waals surface area contributed by atoms with Gasteiger partial charge in [-0.15, -0.1) is 0 Å². The summed E-state index contributed by atoms with van der Waals surface area (Å²) in [5, 5.41) is 3.44. The molecule has 2 aromatic carbocycles. The Hall–Kier alpha value is -2.81. The van der Waals surface area contributed by atoms with E-state index in [-0.39, 0.29) is 5.97 Å². The SMILES string of the molecule is C=C1C=C(C(=O)OCC)NC(c2ccccc2)(c2ccccc2)C1. The smallest absolute Gasteiger partial charge is 0.354 e. The average molecular weight is 319 g/mol. The highest BCUT2D eigenvalue weighted by Gasteiger charge is 2.39. The molecule has 1 aliphatic rings. The van der Waals surface area contributed by atoms with Crippen molar-refractivity contribution in [2.45, 2.75) is 18.9 Å². The zero-order valence-electron chi connectivity index (χ0n) is 13.8. The van der Waals surface area contributed by atoms with Gasteiger partial charge in [-0.3, -0.25) is 0 Å². The molecule has 0 radical (unpaired) electrons. The van der Waals surface area contributed by atoms with Crippen LogP contribution in [0.5, 0.6) is 0 Å². The number of ether oxygens (including phenoxy) is 1. The van der Waals surface area contributed by atoms with Gasteiger partial charge in [0.05, 0.1) is 12.1 Å². The lowest BCUT2D eigenvalue weighted by molar-refractivity contribution is -0.139. The minimum absolute atomic E-state index is 0.341. The van der Waals surface area contributed by atoms with Gasteiger partial charge in [0.25, 0.3) is 0 Å². The lowest BCUT2D eigenvalue weighted by Crippen LogP contribution is -2.47. The molecule has 0 spiro atoms. The molecular formula is C21H21NO2. The maximum Gasteiger partial charge on any atom is 0.354 e. The summed E-state index contributed by atoms with van der Waals surface area (Å²) < 4.78 is 5.18. The number of nitrogens with one attached hydrogen (secondary N) is 1. The minimum atomic E-state index is -0.531. The van der Waals surface area contributed by atoms with Crippen molar-refractivity contribution in [2.24, 2.45) is 0 Å². The average Bonchev–Trinajstić information content (AvgIpc) is 2.63. The lowest BCUT2D eigenvalue weighted by atomic mass is 9.76. The van der Waals surface area contributed by atoms with E-state index in [0.717, 1.165) is 16.7 Å². The van der Waals surface area contributed by atoms with Gasteiger partial charge in [-0.25, -0.2) is 4.79 Å². The van der Waals surface area contributed by atoms with Crippen LogP contribution in [-0.2, 0) is 15.1 Å². The summed E-state index contributed by atoms with van der Waals surface area (Å²) in [6.07, 6.45) is 2.46.